The Morgan fingerprint density at radius 1 is 1.14 bits per heavy atom. The zero-order chi connectivity index (χ0) is 21.3. The summed E-state index contributed by atoms with van der Waals surface area (Å²) in [5, 5.41) is -0.635. The second-order valence-corrected chi connectivity index (χ2v) is 7.71. The standard InChI is InChI=1S/C16H11ClF5NO4S/c1-28(25,26)23-15(24)10-6-13(18)8(4-14(10)19)7-27-9-2-3-11(12(17)5-9)16(20,21)22/h2-6H,7H2,1H3,(H,23,24). The Morgan fingerprint density at radius 3 is 2.32 bits per heavy atom. The third-order valence-corrected chi connectivity index (χ3v) is 4.17. The molecule has 0 fully saturated rings. The molecule has 5 nitrogen and oxygen atoms in total. The SMILES string of the molecule is CS(=O)(=O)NC(=O)c1cc(F)c(COc2ccc(C(F)(F)F)c(Cl)c2)cc1F. The van der Waals surface area contributed by atoms with Gasteiger partial charge >= 0.3 is 6.18 Å². The molecular weight excluding hydrogens is 433 g/mol. The van der Waals surface area contributed by atoms with E-state index in [9.17, 15) is 35.2 Å². The van der Waals surface area contributed by atoms with E-state index in [2.05, 4.69) is 0 Å². The maximum atomic E-state index is 14.1. The van der Waals surface area contributed by atoms with Crippen LogP contribution >= 0.6 is 11.6 Å². The van der Waals surface area contributed by atoms with E-state index in [0.29, 0.717) is 24.5 Å². The fraction of sp³-hybridized carbons (Fsp3) is 0.188. The molecule has 0 atom stereocenters. The Morgan fingerprint density at radius 2 is 1.79 bits per heavy atom. The topological polar surface area (TPSA) is 72.5 Å². The predicted molar refractivity (Wildman–Crippen MR) is 89.5 cm³/mol. The molecule has 0 unspecified atom stereocenters. The highest BCUT2D eigenvalue weighted by Crippen LogP contribution is 2.36. The number of rotatable bonds is 5. The van der Waals surface area contributed by atoms with Gasteiger partial charge in [-0.05, 0) is 30.3 Å². The lowest BCUT2D eigenvalue weighted by molar-refractivity contribution is -0.137. The minimum atomic E-state index is -4.66. The van der Waals surface area contributed by atoms with Crippen LogP contribution in [0, 0.1) is 11.6 Å². The van der Waals surface area contributed by atoms with Crippen LogP contribution in [-0.4, -0.2) is 20.6 Å². The van der Waals surface area contributed by atoms with Crippen molar-refractivity contribution in [2.75, 3.05) is 6.26 Å². The summed E-state index contributed by atoms with van der Waals surface area (Å²) in [5.41, 5.74) is -2.28. The van der Waals surface area contributed by atoms with Gasteiger partial charge in [0.1, 0.15) is 24.0 Å². The molecule has 152 valence electrons. The number of carbonyl (C=O) groups is 1. The van der Waals surface area contributed by atoms with E-state index >= 15 is 0 Å². The highest BCUT2D eigenvalue weighted by Gasteiger charge is 2.33. The van der Waals surface area contributed by atoms with Gasteiger partial charge in [-0.3, -0.25) is 4.79 Å². The molecular formula is C16H11ClF5NO4S. The maximum absolute atomic E-state index is 14.1. The summed E-state index contributed by atoms with van der Waals surface area (Å²) in [6, 6.07) is 3.59. The number of hydrogen-bond donors (Lipinski definition) is 1. The third kappa shape index (κ3) is 5.55. The monoisotopic (exact) mass is 443 g/mol. The van der Waals surface area contributed by atoms with Crippen molar-refractivity contribution in [3.63, 3.8) is 0 Å². The molecule has 1 N–H and O–H groups in total. The zero-order valence-electron chi connectivity index (χ0n) is 13.9. The molecule has 0 saturated heterocycles. The Hall–Kier alpha value is -2.40. The lowest BCUT2D eigenvalue weighted by Gasteiger charge is -2.12. The summed E-state index contributed by atoms with van der Waals surface area (Å²) in [5.74, 6) is -3.79. The molecule has 2 rings (SSSR count). The number of benzene rings is 2. The van der Waals surface area contributed by atoms with Gasteiger partial charge in [0.25, 0.3) is 5.91 Å². The lowest BCUT2D eigenvalue weighted by Crippen LogP contribution is -2.30. The molecule has 0 saturated carbocycles. The Balaban J connectivity index is 2.19. The number of halogens is 6. The summed E-state index contributed by atoms with van der Waals surface area (Å²) in [6.07, 6.45) is -4.00. The van der Waals surface area contributed by atoms with Crippen LogP contribution < -0.4 is 9.46 Å². The number of amides is 1. The molecule has 2 aromatic carbocycles. The van der Waals surface area contributed by atoms with Crippen molar-refractivity contribution in [2.24, 2.45) is 0 Å². The van der Waals surface area contributed by atoms with Gasteiger partial charge < -0.3 is 4.74 Å². The fourth-order valence-corrected chi connectivity index (χ4v) is 2.80. The molecule has 1 amide bonds. The number of nitrogens with one attached hydrogen (secondary N) is 1. The van der Waals surface area contributed by atoms with Crippen LogP contribution in [0.3, 0.4) is 0 Å². The molecule has 28 heavy (non-hydrogen) atoms. The van der Waals surface area contributed by atoms with Crippen molar-refractivity contribution in [1.29, 1.82) is 0 Å². The van der Waals surface area contributed by atoms with E-state index in [1.165, 1.54) is 4.72 Å². The zero-order valence-corrected chi connectivity index (χ0v) is 15.5. The Bertz CT molecular complexity index is 1020. The molecule has 0 aliphatic carbocycles. The Labute approximate surface area is 161 Å². The fourth-order valence-electron chi connectivity index (χ4n) is 2.07. The molecule has 0 radical (unpaired) electrons. The van der Waals surface area contributed by atoms with E-state index in [4.69, 9.17) is 16.3 Å². The van der Waals surface area contributed by atoms with Gasteiger partial charge in [0, 0.05) is 5.56 Å². The molecule has 0 heterocycles. The van der Waals surface area contributed by atoms with Crippen LogP contribution in [0.1, 0.15) is 21.5 Å². The summed E-state index contributed by atoms with van der Waals surface area (Å²) < 4.78 is 94.6. The molecule has 0 aliphatic heterocycles. The lowest BCUT2D eigenvalue weighted by atomic mass is 10.1. The summed E-state index contributed by atoms with van der Waals surface area (Å²) in [4.78, 5) is 11.6. The second kappa shape index (κ2) is 7.92. The van der Waals surface area contributed by atoms with E-state index in [1.807, 2.05) is 0 Å². The van der Waals surface area contributed by atoms with Crippen molar-refractivity contribution in [2.45, 2.75) is 12.8 Å². The molecule has 0 bridgehead atoms. The van der Waals surface area contributed by atoms with Crippen molar-refractivity contribution in [3.8, 4) is 5.75 Å². The van der Waals surface area contributed by atoms with Crippen LogP contribution in [0.25, 0.3) is 0 Å². The van der Waals surface area contributed by atoms with E-state index in [0.717, 1.165) is 12.1 Å². The first-order valence-electron chi connectivity index (χ1n) is 7.27. The van der Waals surface area contributed by atoms with Gasteiger partial charge in [-0.2, -0.15) is 13.2 Å². The van der Waals surface area contributed by atoms with Crippen molar-refractivity contribution in [1.82, 2.24) is 4.72 Å². The van der Waals surface area contributed by atoms with Crippen molar-refractivity contribution >= 4 is 27.5 Å². The highest BCUT2D eigenvalue weighted by atomic mass is 35.5. The van der Waals surface area contributed by atoms with Crippen molar-refractivity contribution in [3.05, 3.63) is 63.7 Å². The third-order valence-electron chi connectivity index (χ3n) is 3.30. The van der Waals surface area contributed by atoms with Crippen LogP contribution in [0.5, 0.6) is 5.75 Å². The van der Waals surface area contributed by atoms with Crippen LogP contribution in [0.15, 0.2) is 30.3 Å². The average Bonchev–Trinajstić information content (AvgIpc) is 2.52. The molecule has 0 aromatic heterocycles. The summed E-state index contributed by atoms with van der Waals surface area (Å²) >= 11 is 5.53. The number of sulfonamides is 1. The van der Waals surface area contributed by atoms with Gasteiger partial charge in [-0.1, -0.05) is 11.6 Å². The summed E-state index contributed by atoms with van der Waals surface area (Å²) in [6.45, 7) is -0.585. The van der Waals surface area contributed by atoms with E-state index in [1.54, 1.807) is 0 Å². The number of hydrogen-bond acceptors (Lipinski definition) is 4. The quantitative estimate of drug-likeness (QED) is 0.711. The first kappa shape index (κ1) is 21.9. The van der Waals surface area contributed by atoms with Gasteiger partial charge in [0.2, 0.25) is 10.0 Å². The number of ether oxygens (including phenoxy) is 1. The smallest absolute Gasteiger partial charge is 0.417 e. The highest BCUT2D eigenvalue weighted by molar-refractivity contribution is 7.89. The van der Waals surface area contributed by atoms with E-state index < -0.39 is 56.5 Å². The van der Waals surface area contributed by atoms with Gasteiger partial charge in [-0.15, -0.1) is 0 Å². The van der Waals surface area contributed by atoms with Gasteiger partial charge in [0.15, 0.2) is 0 Å². The second-order valence-electron chi connectivity index (χ2n) is 5.55. The van der Waals surface area contributed by atoms with Crippen LogP contribution in [0.4, 0.5) is 22.0 Å². The number of alkyl halides is 3. The predicted octanol–water partition coefficient (Wildman–Crippen LogP) is 3.91. The van der Waals surface area contributed by atoms with Crippen LogP contribution in [-0.2, 0) is 22.8 Å². The maximum Gasteiger partial charge on any atom is 0.417 e. The normalized spacial score (nSPS) is 12.0. The van der Waals surface area contributed by atoms with Crippen LogP contribution in [0.2, 0.25) is 5.02 Å². The first-order valence-corrected chi connectivity index (χ1v) is 9.54. The van der Waals surface area contributed by atoms with Crippen molar-refractivity contribution < 1.29 is 39.9 Å². The first-order chi connectivity index (χ1) is 12.8. The number of carbonyl (C=O) groups excluding carboxylic acids is 1. The van der Waals surface area contributed by atoms with E-state index in [-0.39, 0.29) is 11.3 Å². The van der Waals surface area contributed by atoms with Gasteiger partial charge in [0.05, 0.1) is 22.4 Å². The molecule has 12 heteroatoms. The molecule has 0 spiro atoms. The summed E-state index contributed by atoms with van der Waals surface area (Å²) in [7, 11) is -3.98. The minimum absolute atomic E-state index is 0.128. The molecule has 0 aliphatic rings. The average molecular weight is 444 g/mol. The minimum Gasteiger partial charge on any atom is -0.489 e. The molecule has 2 aromatic rings. The largest absolute Gasteiger partial charge is 0.489 e. The Kier molecular flexibility index (Phi) is 6.19. The van der Waals surface area contributed by atoms with Gasteiger partial charge in [-0.25, -0.2) is 21.9 Å².